The standard InChI is InChI=1S/C21H31N3O6S/c1-19(2,3)13-10-12(15(31-13)23-18(29)30-20(4,5)6)16(27)24-9-8-22-17(28)21(24,7)11-14(25)26/h10H,8-9,11H2,1-7H3,(H,22,28)(H,23,29)(H,25,26). The van der Waals surface area contributed by atoms with Crippen LogP contribution in [0.4, 0.5) is 9.80 Å². The van der Waals surface area contributed by atoms with Gasteiger partial charge in [-0.1, -0.05) is 20.8 Å². The normalized spacial score (nSPS) is 19.6. The molecule has 2 heterocycles. The number of anilines is 1. The summed E-state index contributed by atoms with van der Waals surface area (Å²) in [4.78, 5) is 52.0. The van der Waals surface area contributed by atoms with E-state index in [2.05, 4.69) is 10.6 Å². The number of carbonyl (C=O) groups excluding carboxylic acids is 3. The second kappa shape index (κ2) is 8.49. The van der Waals surface area contributed by atoms with Gasteiger partial charge in [-0.05, 0) is 39.2 Å². The molecule has 3 amide bonds. The van der Waals surface area contributed by atoms with Gasteiger partial charge >= 0.3 is 12.1 Å². The van der Waals surface area contributed by atoms with Crippen molar-refractivity contribution >= 4 is 40.2 Å². The van der Waals surface area contributed by atoms with E-state index < -0.39 is 41.4 Å². The first-order chi connectivity index (χ1) is 14.0. The van der Waals surface area contributed by atoms with Crippen molar-refractivity contribution in [3.8, 4) is 0 Å². The topological polar surface area (TPSA) is 125 Å². The number of nitrogens with one attached hydrogen (secondary N) is 2. The van der Waals surface area contributed by atoms with Crippen LogP contribution in [0, 0.1) is 0 Å². The van der Waals surface area contributed by atoms with Gasteiger partial charge < -0.3 is 20.1 Å². The SMILES string of the molecule is CC(C)(C)OC(=O)Nc1sc(C(C)(C)C)cc1C(=O)N1CCNC(=O)C1(C)CC(=O)O. The molecule has 1 unspecified atom stereocenters. The van der Waals surface area contributed by atoms with E-state index in [9.17, 15) is 24.3 Å². The maximum absolute atomic E-state index is 13.5. The Morgan fingerprint density at radius 3 is 2.39 bits per heavy atom. The van der Waals surface area contributed by atoms with Crippen molar-refractivity contribution in [2.75, 3.05) is 18.4 Å². The third-order valence-corrected chi connectivity index (χ3v) is 6.24. The monoisotopic (exact) mass is 453 g/mol. The zero-order valence-electron chi connectivity index (χ0n) is 19.0. The summed E-state index contributed by atoms with van der Waals surface area (Å²) in [5.41, 5.74) is -2.36. The summed E-state index contributed by atoms with van der Waals surface area (Å²) in [5.74, 6) is -2.23. The number of carbonyl (C=O) groups is 4. The van der Waals surface area contributed by atoms with Crippen molar-refractivity contribution in [1.82, 2.24) is 10.2 Å². The highest BCUT2D eigenvalue weighted by molar-refractivity contribution is 7.16. The molecule has 2 rings (SSSR count). The molecule has 1 aliphatic rings. The maximum atomic E-state index is 13.5. The number of hydrogen-bond donors (Lipinski definition) is 3. The van der Waals surface area contributed by atoms with E-state index in [1.807, 2.05) is 20.8 Å². The molecule has 3 N–H and O–H groups in total. The predicted molar refractivity (Wildman–Crippen MR) is 118 cm³/mol. The highest BCUT2D eigenvalue weighted by Gasteiger charge is 2.47. The van der Waals surface area contributed by atoms with E-state index in [0.717, 1.165) is 4.88 Å². The Balaban J connectivity index is 2.48. The molecule has 0 aromatic carbocycles. The fraction of sp³-hybridized carbons (Fsp3) is 0.619. The van der Waals surface area contributed by atoms with Crippen LogP contribution in [0.2, 0.25) is 0 Å². The first-order valence-corrected chi connectivity index (χ1v) is 10.8. The van der Waals surface area contributed by atoms with Crippen LogP contribution in [0.15, 0.2) is 6.07 Å². The van der Waals surface area contributed by atoms with Gasteiger partial charge in [0.2, 0.25) is 5.91 Å². The smallest absolute Gasteiger partial charge is 0.412 e. The lowest BCUT2D eigenvalue weighted by Crippen LogP contribution is -2.65. The number of nitrogens with zero attached hydrogens (tertiary/aromatic N) is 1. The lowest BCUT2D eigenvalue weighted by molar-refractivity contribution is -0.147. The van der Waals surface area contributed by atoms with E-state index in [4.69, 9.17) is 4.74 Å². The fourth-order valence-electron chi connectivity index (χ4n) is 3.19. The zero-order chi connectivity index (χ0) is 23.8. The number of hydrogen-bond acceptors (Lipinski definition) is 6. The molecule has 31 heavy (non-hydrogen) atoms. The molecule has 9 nitrogen and oxygen atoms in total. The second-order valence-electron chi connectivity index (χ2n) is 9.79. The Hall–Kier alpha value is -2.62. The van der Waals surface area contributed by atoms with Gasteiger partial charge in [0.15, 0.2) is 0 Å². The van der Waals surface area contributed by atoms with Gasteiger partial charge in [0, 0.05) is 18.0 Å². The van der Waals surface area contributed by atoms with Crippen molar-refractivity contribution in [1.29, 1.82) is 0 Å². The molecule has 1 aromatic heterocycles. The summed E-state index contributed by atoms with van der Waals surface area (Å²) in [6.07, 6.45) is -1.23. The number of ether oxygens (including phenoxy) is 1. The molecule has 0 spiro atoms. The van der Waals surface area contributed by atoms with Crippen LogP contribution in [0.3, 0.4) is 0 Å². The molecule has 1 fully saturated rings. The molecule has 0 aliphatic carbocycles. The summed E-state index contributed by atoms with van der Waals surface area (Å²) < 4.78 is 5.32. The lowest BCUT2D eigenvalue weighted by atomic mass is 9.90. The number of carboxylic acid groups (broad SMARTS) is 1. The van der Waals surface area contributed by atoms with Gasteiger partial charge in [0.1, 0.15) is 16.1 Å². The van der Waals surface area contributed by atoms with Crippen LogP contribution in [-0.4, -0.2) is 58.1 Å². The lowest BCUT2D eigenvalue weighted by Gasteiger charge is -2.42. The average molecular weight is 454 g/mol. The summed E-state index contributed by atoms with van der Waals surface area (Å²) in [5, 5.41) is 14.9. The minimum atomic E-state index is -1.55. The first kappa shape index (κ1) is 24.6. The van der Waals surface area contributed by atoms with Gasteiger partial charge in [-0.3, -0.25) is 19.7 Å². The molecule has 172 valence electrons. The van der Waals surface area contributed by atoms with Gasteiger partial charge in [-0.25, -0.2) is 4.79 Å². The molecular formula is C21H31N3O6S. The van der Waals surface area contributed by atoms with Crippen LogP contribution in [-0.2, 0) is 19.7 Å². The van der Waals surface area contributed by atoms with Crippen LogP contribution in [0.5, 0.6) is 0 Å². The van der Waals surface area contributed by atoms with Crippen LogP contribution < -0.4 is 10.6 Å². The first-order valence-electron chi connectivity index (χ1n) is 10.0. The van der Waals surface area contributed by atoms with Gasteiger partial charge in [-0.15, -0.1) is 11.3 Å². The molecule has 1 aromatic rings. The number of rotatable bonds is 4. The molecule has 0 radical (unpaired) electrons. The minimum absolute atomic E-state index is 0.154. The molecule has 0 saturated carbocycles. The van der Waals surface area contributed by atoms with Crippen LogP contribution in [0.25, 0.3) is 0 Å². The number of carboxylic acids is 1. The van der Waals surface area contributed by atoms with E-state index in [0.29, 0.717) is 5.00 Å². The molecular weight excluding hydrogens is 422 g/mol. The number of piperazine rings is 1. The highest BCUT2D eigenvalue weighted by Crippen LogP contribution is 2.38. The van der Waals surface area contributed by atoms with Gasteiger partial charge in [0.25, 0.3) is 5.91 Å². The third kappa shape index (κ3) is 5.75. The third-order valence-electron chi connectivity index (χ3n) is 4.76. The highest BCUT2D eigenvalue weighted by atomic mass is 32.1. The van der Waals surface area contributed by atoms with E-state index in [1.165, 1.54) is 23.2 Å². The zero-order valence-corrected chi connectivity index (χ0v) is 19.9. The molecule has 1 atom stereocenters. The minimum Gasteiger partial charge on any atom is -0.481 e. The summed E-state index contributed by atoms with van der Waals surface area (Å²) in [6, 6.07) is 1.69. The second-order valence-corrected chi connectivity index (χ2v) is 10.8. The van der Waals surface area contributed by atoms with Gasteiger partial charge in [-0.2, -0.15) is 0 Å². The number of aliphatic carboxylic acids is 1. The molecule has 1 saturated heterocycles. The number of amides is 3. The Morgan fingerprint density at radius 1 is 1.26 bits per heavy atom. The molecule has 1 aliphatic heterocycles. The quantitative estimate of drug-likeness (QED) is 0.643. The Labute approximate surface area is 186 Å². The van der Waals surface area contributed by atoms with E-state index >= 15 is 0 Å². The Kier molecular flexibility index (Phi) is 6.75. The molecule has 0 bridgehead atoms. The predicted octanol–water partition coefficient (Wildman–Crippen LogP) is 3.20. The Morgan fingerprint density at radius 2 is 1.87 bits per heavy atom. The van der Waals surface area contributed by atoms with Crippen molar-refractivity contribution in [2.45, 2.75) is 71.4 Å². The summed E-state index contributed by atoms with van der Waals surface area (Å²) in [7, 11) is 0. The van der Waals surface area contributed by atoms with Crippen LogP contribution >= 0.6 is 11.3 Å². The summed E-state index contributed by atoms with van der Waals surface area (Å²) in [6.45, 7) is 12.9. The van der Waals surface area contributed by atoms with Crippen molar-refractivity contribution in [3.63, 3.8) is 0 Å². The van der Waals surface area contributed by atoms with E-state index in [-0.39, 0.29) is 24.1 Å². The van der Waals surface area contributed by atoms with Crippen molar-refractivity contribution in [3.05, 3.63) is 16.5 Å². The number of thiophene rings is 1. The van der Waals surface area contributed by atoms with Crippen molar-refractivity contribution in [2.24, 2.45) is 0 Å². The Bertz CT molecular complexity index is 896. The van der Waals surface area contributed by atoms with E-state index in [1.54, 1.807) is 26.8 Å². The maximum Gasteiger partial charge on any atom is 0.412 e. The summed E-state index contributed by atoms with van der Waals surface area (Å²) >= 11 is 1.25. The average Bonchev–Trinajstić information content (AvgIpc) is 2.98. The van der Waals surface area contributed by atoms with Crippen LogP contribution in [0.1, 0.15) is 70.1 Å². The van der Waals surface area contributed by atoms with Gasteiger partial charge in [0.05, 0.1) is 12.0 Å². The largest absolute Gasteiger partial charge is 0.481 e. The van der Waals surface area contributed by atoms with Crippen molar-refractivity contribution < 1.29 is 29.0 Å². The molecule has 10 heteroatoms. The fourth-order valence-corrected chi connectivity index (χ4v) is 4.28.